The average molecular weight is 524 g/mol. The molecule has 1 unspecified atom stereocenters. The molecule has 0 fully saturated rings. The highest BCUT2D eigenvalue weighted by atomic mass is 32.1. The molecule has 190 valence electrons. The van der Waals surface area contributed by atoms with Gasteiger partial charge in [-0.1, -0.05) is 72.4 Å². The van der Waals surface area contributed by atoms with E-state index in [1.807, 2.05) is 67.6 Å². The van der Waals surface area contributed by atoms with Crippen LogP contribution in [0.3, 0.4) is 0 Å². The molecule has 0 bridgehead atoms. The van der Waals surface area contributed by atoms with Crippen molar-refractivity contribution in [2.24, 2.45) is 0 Å². The minimum atomic E-state index is -0.690. The molecule has 2 aromatic heterocycles. The van der Waals surface area contributed by atoms with Gasteiger partial charge in [0.25, 0.3) is 5.91 Å². The Balaban J connectivity index is 1.43. The minimum absolute atomic E-state index is 0.0491. The van der Waals surface area contributed by atoms with Crippen LogP contribution in [0, 0.1) is 6.92 Å². The standard InChI is InChI=1S/C30H25N3O4S/c1-3-7-24-31-32-30(38-24)33-26(20-11-13-21(14-12-20)36-17-19-8-5-4-6-9-19)25-27(34)22-16-18(2)10-15-23(22)37-28(25)29(33)35/h4-6,8-16,26H,3,7,17H2,1-2H3. The number of carbonyl (C=O) groups excluding carboxylic acids is 1. The van der Waals surface area contributed by atoms with Crippen LogP contribution in [0.1, 0.15) is 57.2 Å². The predicted octanol–water partition coefficient (Wildman–Crippen LogP) is 6.23. The number of hydrogen-bond donors (Lipinski definition) is 0. The lowest BCUT2D eigenvalue weighted by molar-refractivity contribution is 0.0970. The maximum Gasteiger partial charge on any atom is 0.297 e. The quantitative estimate of drug-likeness (QED) is 0.251. The lowest BCUT2D eigenvalue weighted by Gasteiger charge is -2.22. The van der Waals surface area contributed by atoms with Gasteiger partial charge in [-0.05, 0) is 48.7 Å². The average Bonchev–Trinajstić information content (AvgIpc) is 3.51. The number of anilines is 1. The highest BCUT2D eigenvalue weighted by molar-refractivity contribution is 7.15. The number of aromatic nitrogens is 2. The van der Waals surface area contributed by atoms with Gasteiger partial charge in [-0.2, -0.15) is 0 Å². The van der Waals surface area contributed by atoms with Gasteiger partial charge in [0.1, 0.15) is 22.9 Å². The number of aryl methyl sites for hydroxylation is 2. The van der Waals surface area contributed by atoms with Crippen LogP contribution < -0.4 is 15.1 Å². The van der Waals surface area contributed by atoms with Gasteiger partial charge in [0.2, 0.25) is 10.9 Å². The van der Waals surface area contributed by atoms with Crippen molar-refractivity contribution in [3.63, 3.8) is 0 Å². The van der Waals surface area contributed by atoms with Gasteiger partial charge >= 0.3 is 0 Å². The molecule has 0 spiro atoms. The fourth-order valence-corrected chi connectivity index (χ4v) is 5.71. The molecule has 3 heterocycles. The summed E-state index contributed by atoms with van der Waals surface area (Å²) < 4.78 is 12.0. The Kier molecular flexibility index (Phi) is 6.25. The summed E-state index contributed by atoms with van der Waals surface area (Å²) in [5.74, 6) is 0.345. The Bertz CT molecular complexity index is 1690. The lowest BCUT2D eigenvalue weighted by atomic mass is 9.98. The first-order valence-electron chi connectivity index (χ1n) is 12.5. The molecule has 1 amide bonds. The molecule has 0 saturated carbocycles. The van der Waals surface area contributed by atoms with Gasteiger partial charge in [-0.15, -0.1) is 10.2 Å². The molecule has 6 rings (SSSR count). The van der Waals surface area contributed by atoms with Crippen LogP contribution >= 0.6 is 11.3 Å². The van der Waals surface area contributed by atoms with Gasteiger partial charge in [-0.3, -0.25) is 14.5 Å². The van der Waals surface area contributed by atoms with Crippen LogP contribution in [0.15, 0.2) is 82.0 Å². The summed E-state index contributed by atoms with van der Waals surface area (Å²) in [5.41, 5.74) is 3.26. The van der Waals surface area contributed by atoms with Crippen LogP contribution in [-0.2, 0) is 13.0 Å². The first kappa shape index (κ1) is 24.1. The van der Waals surface area contributed by atoms with E-state index in [1.54, 1.807) is 12.1 Å². The number of benzene rings is 3. The molecule has 5 aromatic rings. The number of carbonyl (C=O) groups is 1. The molecular formula is C30H25N3O4S. The molecule has 38 heavy (non-hydrogen) atoms. The zero-order valence-electron chi connectivity index (χ0n) is 21.0. The molecule has 0 N–H and O–H groups in total. The van der Waals surface area contributed by atoms with Gasteiger partial charge < -0.3 is 9.15 Å². The molecule has 8 heteroatoms. The van der Waals surface area contributed by atoms with E-state index in [0.717, 1.165) is 34.5 Å². The third-order valence-electron chi connectivity index (χ3n) is 6.60. The summed E-state index contributed by atoms with van der Waals surface area (Å²) in [6.07, 6.45) is 1.69. The fraction of sp³-hybridized carbons (Fsp3) is 0.200. The van der Waals surface area contributed by atoms with Gasteiger partial charge in [-0.25, -0.2) is 0 Å². The van der Waals surface area contributed by atoms with Crippen molar-refractivity contribution in [3.8, 4) is 5.75 Å². The van der Waals surface area contributed by atoms with Crippen molar-refractivity contribution >= 4 is 33.3 Å². The highest BCUT2D eigenvalue weighted by Crippen LogP contribution is 2.42. The summed E-state index contributed by atoms with van der Waals surface area (Å²) in [5, 5.41) is 10.3. The Morgan fingerprint density at radius 1 is 1.00 bits per heavy atom. The van der Waals surface area contributed by atoms with E-state index in [9.17, 15) is 9.59 Å². The first-order chi connectivity index (χ1) is 18.5. The van der Waals surface area contributed by atoms with Gasteiger partial charge in [0.15, 0.2) is 5.43 Å². The summed E-state index contributed by atoms with van der Waals surface area (Å²) in [6.45, 7) is 4.43. The van der Waals surface area contributed by atoms with Crippen LogP contribution in [0.2, 0.25) is 0 Å². The molecule has 7 nitrogen and oxygen atoms in total. The second kappa shape index (κ2) is 9.87. The molecule has 0 saturated heterocycles. The molecule has 1 aliphatic rings. The molecule has 1 aliphatic heterocycles. The number of hydrogen-bond acceptors (Lipinski definition) is 7. The maximum absolute atomic E-state index is 13.8. The van der Waals surface area contributed by atoms with E-state index in [0.29, 0.717) is 34.0 Å². The zero-order chi connectivity index (χ0) is 26.2. The van der Waals surface area contributed by atoms with Crippen LogP contribution in [-0.4, -0.2) is 16.1 Å². The van der Waals surface area contributed by atoms with Crippen LogP contribution in [0.5, 0.6) is 5.75 Å². The van der Waals surface area contributed by atoms with E-state index in [-0.39, 0.29) is 11.2 Å². The minimum Gasteiger partial charge on any atom is -0.489 e. The lowest BCUT2D eigenvalue weighted by Crippen LogP contribution is -2.29. The van der Waals surface area contributed by atoms with Crippen molar-refractivity contribution in [1.82, 2.24) is 10.2 Å². The van der Waals surface area contributed by atoms with E-state index in [2.05, 4.69) is 17.1 Å². The van der Waals surface area contributed by atoms with Crippen molar-refractivity contribution < 1.29 is 13.9 Å². The fourth-order valence-electron chi connectivity index (χ4n) is 4.74. The SMILES string of the molecule is CCCc1nnc(N2C(=O)c3oc4ccc(C)cc4c(=O)c3C2c2ccc(OCc3ccccc3)cc2)s1. The number of amides is 1. The van der Waals surface area contributed by atoms with E-state index in [1.165, 1.54) is 16.2 Å². The third kappa shape index (κ3) is 4.26. The number of ether oxygens (including phenoxy) is 1. The molecule has 3 aromatic carbocycles. The predicted molar refractivity (Wildman–Crippen MR) is 147 cm³/mol. The van der Waals surface area contributed by atoms with Crippen molar-refractivity contribution in [1.29, 1.82) is 0 Å². The van der Waals surface area contributed by atoms with E-state index in [4.69, 9.17) is 9.15 Å². The smallest absolute Gasteiger partial charge is 0.297 e. The van der Waals surface area contributed by atoms with Gasteiger partial charge in [0.05, 0.1) is 17.0 Å². The first-order valence-corrected chi connectivity index (χ1v) is 13.3. The normalized spacial score (nSPS) is 14.7. The topological polar surface area (TPSA) is 85.5 Å². The van der Waals surface area contributed by atoms with Crippen molar-refractivity contribution in [2.45, 2.75) is 39.3 Å². The number of fused-ring (bicyclic) bond motifs is 2. The second-order valence-corrected chi connectivity index (χ2v) is 10.4. The molecule has 0 radical (unpaired) electrons. The van der Waals surface area contributed by atoms with Crippen LogP contribution in [0.4, 0.5) is 5.13 Å². The zero-order valence-corrected chi connectivity index (χ0v) is 21.8. The molecule has 1 atom stereocenters. The Morgan fingerprint density at radius 3 is 2.55 bits per heavy atom. The van der Waals surface area contributed by atoms with Crippen molar-refractivity contribution in [2.75, 3.05) is 4.90 Å². The van der Waals surface area contributed by atoms with Gasteiger partial charge in [0, 0.05) is 6.42 Å². The molecule has 0 aliphatic carbocycles. The highest BCUT2D eigenvalue weighted by Gasteiger charge is 2.45. The van der Waals surface area contributed by atoms with E-state index >= 15 is 0 Å². The Morgan fingerprint density at radius 2 is 1.79 bits per heavy atom. The summed E-state index contributed by atoms with van der Waals surface area (Å²) in [7, 11) is 0. The monoisotopic (exact) mass is 523 g/mol. The summed E-state index contributed by atoms with van der Waals surface area (Å²) in [6, 6.07) is 22.1. The Labute approximate surface area is 223 Å². The summed E-state index contributed by atoms with van der Waals surface area (Å²) >= 11 is 1.36. The number of nitrogens with zero attached hydrogens (tertiary/aromatic N) is 3. The van der Waals surface area contributed by atoms with Crippen LogP contribution in [0.25, 0.3) is 11.0 Å². The second-order valence-electron chi connectivity index (χ2n) is 9.32. The Hall–Kier alpha value is -4.30. The van der Waals surface area contributed by atoms with E-state index < -0.39 is 11.9 Å². The third-order valence-corrected chi connectivity index (χ3v) is 7.58. The summed E-state index contributed by atoms with van der Waals surface area (Å²) in [4.78, 5) is 29.1. The number of rotatable bonds is 7. The molecular weight excluding hydrogens is 498 g/mol. The largest absolute Gasteiger partial charge is 0.489 e. The van der Waals surface area contributed by atoms with Crippen molar-refractivity contribution in [3.05, 3.63) is 116 Å². The maximum atomic E-state index is 13.8.